The zero-order chi connectivity index (χ0) is 66.6. The van der Waals surface area contributed by atoms with Crippen molar-refractivity contribution in [3.05, 3.63) is 83.2 Å². The number of fused-ring (bicyclic) bond motifs is 12. The number of piperidine rings is 2. The standard InChI is InChI=1S/C33H49N7O4S.C29H42N6O3S.C4H8ClNO/c1-32(2,3)26-14-12-24-30(35-26)40-20-22(19-33(40,4)5)11-13-25(23-15-17-39(18-16-23)29(41)21-38(6)7)34-27-9-8-10-28(36-27)45(43,44)37-31(24)42;1-28(2,3)23-12-10-21-26(32-23)35-18-19(17-29(35,4)5)9-11-22(20-13-15-30-16-14-20)31-24-7-6-8-25(33-24)39(37,38)34-27(21)36;1-6(2)3-4(5)7/h8-10,12,14,22-23,25H,11,13,15-21H2,1-7H3,(H,34,36)(H,37,42);6-8,10,12,19-20,22,30H,9,11,13-18H2,1-5H3,(H,31,33)(H,34,36);3H2,1-2H3/t22-,25?;19-,22?;/m00./s1. The van der Waals surface area contributed by atoms with Crippen LogP contribution in [0.5, 0.6) is 0 Å². The number of likely N-dealkylation sites (N-methyl/N-ethyl adjacent to an activating group) is 2. The van der Waals surface area contributed by atoms with Crippen molar-refractivity contribution in [3.63, 3.8) is 0 Å². The molecule has 8 bridgehead atoms. The summed E-state index contributed by atoms with van der Waals surface area (Å²) in [5.41, 5.74) is 1.19. The van der Waals surface area contributed by atoms with Gasteiger partial charge in [-0.25, -0.2) is 29.4 Å². The average Bonchev–Trinajstić information content (AvgIpc) is 1.72. The third-order valence-electron chi connectivity index (χ3n) is 18.4. The highest BCUT2D eigenvalue weighted by Gasteiger charge is 2.44. The van der Waals surface area contributed by atoms with Crippen molar-refractivity contribution in [2.75, 3.05) is 101 Å². The van der Waals surface area contributed by atoms with Crippen molar-refractivity contribution < 1.29 is 36.0 Å². The van der Waals surface area contributed by atoms with Gasteiger partial charge in [0.25, 0.3) is 31.9 Å². The summed E-state index contributed by atoms with van der Waals surface area (Å²) < 4.78 is 58.3. The first-order valence-electron chi connectivity index (χ1n) is 32.2. The molecule has 25 heteroatoms. The fraction of sp³-hybridized carbons (Fsp3) is 0.636. The molecule has 4 aromatic heterocycles. The van der Waals surface area contributed by atoms with Gasteiger partial charge in [0.1, 0.15) is 23.3 Å². The van der Waals surface area contributed by atoms with Crippen LogP contribution >= 0.6 is 11.6 Å². The van der Waals surface area contributed by atoms with E-state index in [-0.39, 0.29) is 66.3 Å². The smallest absolute Gasteiger partial charge is 0.281 e. The maximum absolute atomic E-state index is 13.7. The summed E-state index contributed by atoms with van der Waals surface area (Å²) in [5, 5.41) is 9.90. The number of nitrogens with one attached hydrogen (secondary N) is 5. The first-order chi connectivity index (χ1) is 42.5. The Balaban J connectivity index is 0.000000214. The van der Waals surface area contributed by atoms with Crippen LogP contribution in [-0.2, 0) is 40.5 Å². The number of aromatic nitrogens is 4. The van der Waals surface area contributed by atoms with Crippen molar-refractivity contribution >= 4 is 77.9 Å². The largest absolute Gasteiger partial charge is 0.367 e. The van der Waals surface area contributed by atoms with E-state index in [2.05, 4.69) is 114 Å². The lowest BCUT2D eigenvalue weighted by Crippen LogP contribution is -2.45. The second-order valence-corrected chi connectivity index (χ2v) is 33.2. The minimum Gasteiger partial charge on any atom is -0.367 e. The van der Waals surface area contributed by atoms with Gasteiger partial charge in [0.15, 0.2) is 10.1 Å². The number of amides is 3. The number of likely N-dealkylation sites (tertiary alicyclic amines) is 1. The van der Waals surface area contributed by atoms with Crippen LogP contribution in [0.15, 0.2) is 70.7 Å². The van der Waals surface area contributed by atoms with Gasteiger partial charge in [-0.2, -0.15) is 16.8 Å². The van der Waals surface area contributed by atoms with Crippen LogP contribution in [0.4, 0.5) is 23.3 Å². The molecule has 6 aliphatic rings. The van der Waals surface area contributed by atoms with E-state index in [1.54, 1.807) is 55.4 Å². The molecule has 2 unspecified atom stereocenters. The highest BCUT2D eigenvalue weighted by molar-refractivity contribution is 7.90. The predicted octanol–water partition coefficient (Wildman–Crippen LogP) is 8.26. The molecule has 0 aliphatic carbocycles. The maximum Gasteiger partial charge on any atom is 0.281 e. The molecule has 91 heavy (non-hydrogen) atoms. The Hall–Kier alpha value is -6.05. The van der Waals surface area contributed by atoms with Crippen molar-refractivity contribution in [2.45, 2.75) is 177 Å². The van der Waals surface area contributed by atoms with Crippen LogP contribution in [-0.4, -0.2) is 178 Å². The number of hydrogen-bond donors (Lipinski definition) is 5. The highest BCUT2D eigenvalue weighted by atomic mass is 35.5. The van der Waals surface area contributed by atoms with Crippen molar-refractivity contribution in [1.82, 2.24) is 49.4 Å². The molecule has 6 aliphatic heterocycles. The second-order valence-electron chi connectivity index (χ2n) is 29.5. The molecular formula is C66H99ClN14O8S2. The van der Waals surface area contributed by atoms with Crippen molar-refractivity contribution in [1.29, 1.82) is 0 Å². The van der Waals surface area contributed by atoms with E-state index >= 15 is 0 Å². The van der Waals surface area contributed by atoms with E-state index in [0.717, 1.165) is 102 Å². The summed E-state index contributed by atoms with van der Waals surface area (Å²) in [4.78, 5) is 78.8. The lowest BCUT2D eigenvalue weighted by molar-refractivity contribution is -0.133. The molecule has 0 spiro atoms. The molecule has 4 fully saturated rings. The minimum absolute atomic E-state index is 0.0522. The van der Waals surface area contributed by atoms with Gasteiger partial charge in [-0.05, 0) is 217 Å². The maximum atomic E-state index is 13.7. The van der Waals surface area contributed by atoms with Gasteiger partial charge in [0, 0.05) is 71.6 Å². The van der Waals surface area contributed by atoms with E-state index in [1.807, 2.05) is 36.0 Å². The summed E-state index contributed by atoms with van der Waals surface area (Å²) in [6, 6.07) is 17.0. The molecule has 22 nitrogen and oxygen atoms in total. The molecule has 0 saturated carbocycles. The number of anilines is 4. The molecule has 0 aromatic carbocycles. The highest BCUT2D eigenvalue weighted by Crippen LogP contribution is 2.43. The first-order valence-corrected chi connectivity index (χ1v) is 35.5. The zero-order valence-corrected chi connectivity index (χ0v) is 58.3. The van der Waals surface area contributed by atoms with Gasteiger partial charge in [-0.15, -0.1) is 0 Å². The Labute approximate surface area is 545 Å². The quantitative estimate of drug-likeness (QED) is 0.114. The molecule has 10 heterocycles. The molecular weight excluding hydrogens is 1220 g/mol. The Kier molecular flexibility index (Phi) is 22.3. The second kappa shape index (κ2) is 28.7. The van der Waals surface area contributed by atoms with Gasteiger partial charge in [-0.1, -0.05) is 53.7 Å². The fourth-order valence-electron chi connectivity index (χ4n) is 13.6. The summed E-state index contributed by atoms with van der Waals surface area (Å²) in [6.45, 7) is 26.8. The normalized spacial score (nSPS) is 23.5. The van der Waals surface area contributed by atoms with Gasteiger partial charge >= 0.3 is 0 Å². The predicted molar refractivity (Wildman–Crippen MR) is 359 cm³/mol. The number of carbonyl (C=O) groups excluding carboxylic acids is 4. The van der Waals surface area contributed by atoms with Gasteiger partial charge in [0.2, 0.25) is 11.1 Å². The summed E-state index contributed by atoms with van der Waals surface area (Å²) in [6.07, 6.45) is 9.59. The van der Waals surface area contributed by atoms with Crippen LogP contribution in [0.2, 0.25) is 0 Å². The van der Waals surface area contributed by atoms with Crippen LogP contribution in [0, 0.1) is 23.7 Å². The van der Waals surface area contributed by atoms with E-state index in [0.29, 0.717) is 73.1 Å². The van der Waals surface area contributed by atoms with Gasteiger partial charge in [0.05, 0.1) is 24.2 Å². The molecule has 4 atom stereocenters. The van der Waals surface area contributed by atoms with E-state index in [4.69, 9.17) is 21.6 Å². The lowest BCUT2D eigenvalue weighted by Gasteiger charge is -2.37. The van der Waals surface area contributed by atoms with Crippen LogP contribution < -0.4 is 35.2 Å². The number of sulfonamides is 2. The van der Waals surface area contributed by atoms with E-state index in [9.17, 15) is 36.0 Å². The lowest BCUT2D eigenvalue weighted by atomic mass is 9.84. The molecule has 500 valence electrons. The summed E-state index contributed by atoms with van der Waals surface area (Å²) in [5.74, 6) is 2.34. The third kappa shape index (κ3) is 18.2. The zero-order valence-electron chi connectivity index (χ0n) is 56.0. The Morgan fingerprint density at radius 2 is 0.978 bits per heavy atom. The van der Waals surface area contributed by atoms with Gasteiger partial charge < -0.3 is 40.4 Å². The van der Waals surface area contributed by atoms with Crippen LogP contribution in [0.25, 0.3) is 0 Å². The third-order valence-corrected chi connectivity index (χ3v) is 21.0. The van der Waals surface area contributed by atoms with Crippen molar-refractivity contribution in [2.24, 2.45) is 23.7 Å². The Morgan fingerprint density at radius 1 is 0.571 bits per heavy atom. The molecule has 5 N–H and O–H groups in total. The molecule has 4 aromatic rings. The number of pyridine rings is 4. The monoisotopic (exact) mass is 1310 g/mol. The topological polar surface area (TPSA) is 264 Å². The SMILES string of the molecule is CC(C)(C)c1ccc2c(n1)N1C[C@@H](CCC(C3CCNCC3)Nc3cccc(n3)S(=O)(=O)NC2=O)CC1(C)C.CN(C)CC(=O)Cl.CN(C)CC(=O)N1CCC(C2CC[C@@H]3CN(c4nc(C(C)(C)C)ccc4C(=O)NS(=O)(=O)c4cccc(n4)N2)C(C)(C)C3)CC1. The number of carbonyl (C=O) groups is 4. The van der Waals surface area contributed by atoms with Crippen molar-refractivity contribution in [3.8, 4) is 0 Å². The Bertz CT molecular complexity index is 3490. The molecule has 0 radical (unpaired) electrons. The summed E-state index contributed by atoms with van der Waals surface area (Å²) >= 11 is 4.99. The number of halogens is 1. The van der Waals surface area contributed by atoms with Gasteiger partial charge in [-0.3, -0.25) is 19.2 Å². The number of nitrogens with zero attached hydrogens (tertiary/aromatic N) is 9. The molecule has 10 rings (SSSR count). The molecule has 3 amide bonds. The summed E-state index contributed by atoms with van der Waals surface area (Å²) in [7, 11) is -1.07. The number of hydrogen-bond acceptors (Lipinski definition) is 19. The first kappa shape index (κ1) is 70.8. The molecule has 4 saturated heterocycles. The minimum atomic E-state index is -4.27. The average molecular weight is 1320 g/mol. The Morgan fingerprint density at radius 3 is 1.35 bits per heavy atom. The van der Waals surface area contributed by atoms with Crippen LogP contribution in [0.1, 0.15) is 166 Å². The van der Waals surface area contributed by atoms with E-state index in [1.165, 1.54) is 12.1 Å². The number of rotatable bonds is 6. The van der Waals surface area contributed by atoms with Crippen LogP contribution in [0.3, 0.4) is 0 Å². The van der Waals surface area contributed by atoms with E-state index < -0.39 is 31.9 Å². The fourth-order valence-corrected chi connectivity index (χ4v) is 15.7.